The number of benzene rings is 3. The minimum atomic E-state index is -0.918. The molecule has 0 aromatic heterocycles. The fourth-order valence-electron chi connectivity index (χ4n) is 3.72. The number of aryl methyl sites for hydroxylation is 1. The number of carbonyl (C=O) groups is 1. The molecule has 5 N–H and O–H groups in total. The van der Waals surface area contributed by atoms with E-state index in [1.54, 1.807) is 19.9 Å². The molecule has 0 aliphatic carbocycles. The van der Waals surface area contributed by atoms with Crippen LogP contribution in [0.5, 0.6) is 34.5 Å². The van der Waals surface area contributed by atoms with Crippen LogP contribution in [0.2, 0.25) is 0 Å². The molecule has 0 saturated carbocycles. The molecular formula is C29H36O8. The van der Waals surface area contributed by atoms with Gasteiger partial charge in [-0.05, 0) is 49.2 Å². The Hall–Kier alpha value is -4.07. The van der Waals surface area contributed by atoms with Gasteiger partial charge in [-0.3, -0.25) is 0 Å². The van der Waals surface area contributed by atoms with Crippen molar-refractivity contribution in [3.8, 4) is 34.5 Å². The number of phenols is 5. The maximum atomic E-state index is 12.9. The van der Waals surface area contributed by atoms with Gasteiger partial charge in [0.1, 0.15) is 29.1 Å². The Morgan fingerprint density at radius 2 is 1.54 bits per heavy atom. The average molecular weight is 513 g/mol. The third-order valence-electron chi connectivity index (χ3n) is 5.63. The van der Waals surface area contributed by atoms with E-state index in [2.05, 4.69) is 13.8 Å². The number of ether oxygens (including phenoxy) is 2. The molecular weight excluding hydrogens is 476 g/mol. The van der Waals surface area contributed by atoms with Crippen molar-refractivity contribution in [1.82, 2.24) is 0 Å². The van der Waals surface area contributed by atoms with Crippen molar-refractivity contribution >= 4 is 5.97 Å². The third kappa shape index (κ3) is 6.78. The summed E-state index contributed by atoms with van der Waals surface area (Å²) in [5.41, 5.74) is 2.28. The van der Waals surface area contributed by atoms with Gasteiger partial charge >= 0.3 is 5.97 Å². The summed E-state index contributed by atoms with van der Waals surface area (Å²) in [5.74, 6) is -1.64. The average Bonchev–Trinajstić information content (AvgIpc) is 2.85. The van der Waals surface area contributed by atoms with Crippen LogP contribution >= 0.6 is 0 Å². The van der Waals surface area contributed by atoms with E-state index in [9.17, 15) is 30.3 Å². The second kappa shape index (κ2) is 12.8. The highest BCUT2D eigenvalue weighted by Crippen LogP contribution is 2.44. The number of rotatable bonds is 3. The Labute approximate surface area is 217 Å². The van der Waals surface area contributed by atoms with E-state index in [-0.39, 0.29) is 46.5 Å². The molecule has 1 aliphatic heterocycles. The van der Waals surface area contributed by atoms with Crippen LogP contribution in [0.1, 0.15) is 72.8 Å². The number of aromatic hydroxyl groups is 5. The van der Waals surface area contributed by atoms with E-state index < -0.39 is 18.2 Å². The summed E-state index contributed by atoms with van der Waals surface area (Å²) in [7, 11) is 0. The molecule has 3 aromatic rings. The van der Waals surface area contributed by atoms with E-state index in [4.69, 9.17) is 9.47 Å². The summed E-state index contributed by atoms with van der Waals surface area (Å²) in [4.78, 5) is 12.9. The first kappa shape index (κ1) is 29.2. The normalized spacial score (nSPS) is 15.6. The van der Waals surface area contributed by atoms with E-state index in [1.165, 1.54) is 36.8 Å². The fraction of sp³-hybridized carbons (Fsp3) is 0.345. The zero-order valence-corrected chi connectivity index (χ0v) is 22.1. The Kier molecular flexibility index (Phi) is 10.1. The molecule has 0 amide bonds. The highest BCUT2D eigenvalue weighted by Gasteiger charge is 2.36. The monoisotopic (exact) mass is 512 g/mol. The summed E-state index contributed by atoms with van der Waals surface area (Å²) in [6.07, 6.45) is -0.506. The number of carbonyl (C=O) groups excluding carboxylic acids is 1. The molecule has 0 fully saturated rings. The summed E-state index contributed by atoms with van der Waals surface area (Å²) in [5, 5.41) is 49.7. The minimum Gasteiger partial charge on any atom is -0.508 e. The fourth-order valence-corrected chi connectivity index (χ4v) is 3.72. The van der Waals surface area contributed by atoms with Crippen molar-refractivity contribution in [3.63, 3.8) is 0 Å². The Bertz CT molecular complexity index is 1210. The lowest BCUT2D eigenvalue weighted by atomic mass is 9.93. The van der Waals surface area contributed by atoms with Crippen molar-refractivity contribution in [1.29, 1.82) is 0 Å². The minimum absolute atomic E-state index is 0.0321. The highest BCUT2D eigenvalue weighted by atomic mass is 16.6. The highest BCUT2D eigenvalue weighted by molar-refractivity contribution is 5.90. The molecule has 2 atom stereocenters. The zero-order chi connectivity index (χ0) is 27.9. The van der Waals surface area contributed by atoms with Gasteiger partial charge < -0.3 is 35.0 Å². The first-order valence-electron chi connectivity index (χ1n) is 12.3. The molecule has 0 radical (unpaired) electrons. The van der Waals surface area contributed by atoms with E-state index >= 15 is 0 Å². The largest absolute Gasteiger partial charge is 0.508 e. The molecule has 0 bridgehead atoms. The van der Waals surface area contributed by atoms with Gasteiger partial charge in [0.2, 0.25) is 0 Å². The van der Waals surface area contributed by atoms with Crippen LogP contribution in [-0.2, 0) is 11.2 Å². The smallest absolute Gasteiger partial charge is 0.338 e. The van der Waals surface area contributed by atoms with Crippen LogP contribution in [0.25, 0.3) is 0 Å². The third-order valence-corrected chi connectivity index (χ3v) is 5.63. The molecule has 1 aliphatic rings. The summed E-state index contributed by atoms with van der Waals surface area (Å²) >= 11 is 0. The van der Waals surface area contributed by atoms with Crippen LogP contribution in [-0.4, -0.2) is 37.6 Å². The van der Waals surface area contributed by atoms with Gasteiger partial charge in [-0.15, -0.1) is 0 Å². The first-order valence-corrected chi connectivity index (χ1v) is 12.3. The van der Waals surface area contributed by atoms with Gasteiger partial charge in [0, 0.05) is 29.7 Å². The quantitative estimate of drug-likeness (QED) is 0.207. The van der Waals surface area contributed by atoms with E-state index in [0.717, 1.165) is 11.6 Å². The van der Waals surface area contributed by atoms with Gasteiger partial charge in [0.25, 0.3) is 0 Å². The molecule has 37 heavy (non-hydrogen) atoms. The SMILES string of the molecule is CC.CCC.Cc1cc(C(=O)OC2Cc3c(O)cc(O)cc3OC2c2ccc(O)c(O)c2)cc(O)c1C. The van der Waals surface area contributed by atoms with Crippen molar-refractivity contribution in [2.45, 2.75) is 66.6 Å². The van der Waals surface area contributed by atoms with Crippen LogP contribution in [0, 0.1) is 13.8 Å². The molecule has 2 unspecified atom stereocenters. The maximum Gasteiger partial charge on any atom is 0.338 e. The topological polar surface area (TPSA) is 137 Å². The van der Waals surface area contributed by atoms with E-state index in [1.807, 2.05) is 13.8 Å². The number of esters is 1. The van der Waals surface area contributed by atoms with Gasteiger partial charge in [0.15, 0.2) is 17.6 Å². The second-order valence-electron chi connectivity index (χ2n) is 8.52. The lowest BCUT2D eigenvalue weighted by molar-refractivity contribution is -0.0188. The molecule has 8 nitrogen and oxygen atoms in total. The molecule has 3 aromatic carbocycles. The predicted octanol–water partition coefficient (Wildman–Crippen LogP) is 6.18. The summed E-state index contributed by atoms with van der Waals surface area (Å²) < 4.78 is 11.7. The predicted molar refractivity (Wildman–Crippen MR) is 141 cm³/mol. The van der Waals surface area contributed by atoms with Crippen LogP contribution in [0.4, 0.5) is 0 Å². The van der Waals surface area contributed by atoms with Crippen molar-refractivity contribution in [3.05, 3.63) is 70.3 Å². The number of fused-ring (bicyclic) bond motifs is 1. The Balaban J connectivity index is 0.000000898. The zero-order valence-electron chi connectivity index (χ0n) is 22.1. The molecule has 1 heterocycles. The van der Waals surface area contributed by atoms with Gasteiger partial charge in [-0.25, -0.2) is 4.79 Å². The number of phenolic OH excluding ortho intramolecular Hbond substituents is 5. The maximum absolute atomic E-state index is 12.9. The standard InChI is InChI=1S/C24H22O8.C3H8.C2H6/c1-11-5-14(7-18(27)12(11)2)24(30)32-22-10-16-19(28)8-15(25)9-21(16)31-23(22)13-3-4-17(26)20(29)6-13;1-3-2;1-2/h3-9,22-23,25-29H,10H2,1-2H3;3H2,1-2H3;1-2H3. The molecule has 4 rings (SSSR count). The number of hydrogen-bond acceptors (Lipinski definition) is 8. The summed E-state index contributed by atoms with van der Waals surface area (Å²) in [6, 6.07) is 9.50. The number of hydrogen-bond donors (Lipinski definition) is 5. The Morgan fingerprint density at radius 1 is 0.892 bits per heavy atom. The molecule has 8 heteroatoms. The lowest BCUT2D eigenvalue weighted by Gasteiger charge is -2.34. The summed E-state index contributed by atoms with van der Waals surface area (Å²) in [6.45, 7) is 11.7. The van der Waals surface area contributed by atoms with Gasteiger partial charge in [-0.2, -0.15) is 0 Å². The second-order valence-corrected chi connectivity index (χ2v) is 8.52. The lowest BCUT2D eigenvalue weighted by Crippen LogP contribution is -2.34. The van der Waals surface area contributed by atoms with Crippen LogP contribution in [0.15, 0.2) is 42.5 Å². The van der Waals surface area contributed by atoms with E-state index in [0.29, 0.717) is 16.7 Å². The van der Waals surface area contributed by atoms with Crippen LogP contribution in [0.3, 0.4) is 0 Å². The van der Waals surface area contributed by atoms with Crippen molar-refractivity contribution in [2.24, 2.45) is 0 Å². The Morgan fingerprint density at radius 3 is 2.14 bits per heavy atom. The first-order chi connectivity index (χ1) is 17.5. The van der Waals surface area contributed by atoms with Gasteiger partial charge in [-0.1, -0.05) is 40.2 Å². The van der Waals surface area contributed by atoms with Crippen LogP contribution < -0.4 is 4.74 Å². The molecule has 200 valence electrons. The molecule has 0 saturated heterocycles. The van der Waals surface area contributed by atoms with Crippen molar-refractivity contribution in [2.75, 3.05) is 0 Å². The molecule has 0 spiro atoms. The van der Waals surface area contributed by atoms with Gasteiger partial charge in [0.05, 0.1) is 5.56 Å². The van der Waals surface area contributed by atoms with Crippen molar-refractivity contribution < 1.29 is 39.8 Å².